The fourth-order valence-corrected chi connectivity index (χ4v) is 4.20. The summed E-state index contributed by atoms with van der Waals surface area (Å²) in [5.41, 5.74) is 3.20. The van der Waals surface area contributed by atoms with Crippen molar-refractivity contribution in [3.05, 3.63) is 70.6 Å². The van der Waals surface area contributed by atoms with E-state index >= 15 is 0 Å². The number of rotatable bonds is 5. The van der Waals surface area contributed by atoms with Crippen molar-refractivity contribution in [2.45, 2.75) is 19.9 Å². The molecule has 1 unspecified atom stereocenters. The van der Waals surface area contributed by atoms with Gasteiger partial charge in [0.15, 0.2) is 0 Å². The van der Waals surface area contributed by atoms with Crippen LogP contribution in [0.5, 0.6) is 0 Å². The molecule has 2 fully saturated rings. The Morgan fingerprint density at radius 3 is 2.65 bits per heavy atom. The first-order chi connectivity index (χ1) is 15.0. The Morgan fingerprint density at radius 2 is 1.94 bits per heavy atom. The van der Waals surface area contributed by atoms with Gasteiger partial charge in [-0.15, -0.1) is 0 Å². The minimum absolute atomic E-state index is 0.119. The maximum atomic E-state index is 13.1. The molecule has 0 aliphatic carbocycles. The molecule has 3 heterocycles. The fourth-order valence-electron chi connectivity index (χ4n) is 4.20. The highest BCUT2D eigenvalue weighted by Crippen LogP contribution is 2.39. The van der Waals surface area contributed by atoms with Crippen LogP contribution in [0.15, 0.2) is 48.3 Å². The topological polar surface area (TPSA) is 83.0 Å². The number of aliphatic hydroxyl groups is 1. The number of nitrogens with zero attached hydrogens (tertiary/aromatic N) is 3. The van der Waals surface area contributed by atoms with Gasteiger partial charge >= 0.3 is 0 Å². The molecular weight excluding hydrogens is 394 g/mol. The number of ether oxygens (including phenoxy) is 1. The average molecular weight is 421 g/mol. The molecule has 2 saturated heterocycles. The van der Waals surface area contributed by atoms with Crippen LogP contribution < -0.4 is 0 Å². The second-order valence-electron chi connectivity index (χ2n) is 8.05. The van der Waals surface area contributed by atoms with Crippen molar-refractivity contribution < 1.29 is 19.4 Å². The lowest BCUT2D eigenvalue weighted by atomic mass is 9.94. The molecule has 2 aromatic rings. The van der Waals surface area contributed by atoms with Crippen molar-refractivity contribution in [3.8, 4) is 0 Å². The van der Waals surface area contributed by atoms with Gasteiger partial charge in [-0.2, -0.15) is 0 Å². The number of aromatic nitrogens is 1. The van der Waals surface area contributed by atoms with Crippen LogP contribution >= 0.6 is 0 Å². The Bertz CT molecular complexity index is 1010. The highest BCUT2D eigenvalue weighted by Gasteiger charge is 2.46. The molecule has 1 aromatic carbocycles. The Kier molecular flexibility index (Phi) is 6.15. The number of carbonyl (C=O) groups excluding carboxylic acids is 2. The summed E-state index contributed by atoms with van der Waals surface area (Å²) < 4.78 is 5.39. The van der Waals surface area contributed by atoms with Gasteiger partial charge in [-0.1, -0.05) is 23.8 Å². The third-order valence-electron chi connectivity index (χ3n) is 5.95. The number of ketones is 1. The first-order valence-electron chi connectivity index (χ1n) is 10.5. The second kappa shape index (κ2) is 8.99. The molecule has 1 atom stereocenters. The predicted octanol–water partition coefficient (Wildman–Crippen LogP) is 2.45. The van der Waals surface area contributed by atoms with E-state index in [0.29, 0.717) is 37.4 Å². The molecule has 0 radical (unpaired) electrons. The number of aliphatic hydroxyl groups excluding tert-OH is 1. The maximum Gasteiger partial charge on any atom is 0.295 e. The molecule has 4 rings (SSSR count). The summed E-state index contributed by atoms with van der Waals surface area (Å²) in [5, 5.41) is 11.2. The zero-order chi connectivity index (χ0) is 22.0. The first-order valence-corrected chi connectivity index (χ1v) is 10.5. The van der Waals surface area contributed by atoms with Gasteiger partial charge in [0, 0.05) is 44.1 Å². The van der Waals surface area contributed by atoms with E-state index in [2.05, 4.69) is 9.88 Å². The van der Waals surface area contributed by atoms with Gasteiger partial charge in [-0.3, -0.25) is 19.5 Å². The van der Waals surface area contributed by atoms with Crippen LogP contribution in [0.4, 0.5) is 0 Å². The lowest BCUT2D eigenvalue weighted by molar-refractivity contribution is -0.140. The SMILES string of the molecule is Cc1ccc(C)c(C(O)=C2C(=O)C(=O)N(CCN3CCOCC3)C2c2cccnc2)c1. The van der Waals surface area contributed by atoms with Gasteiger partial charge in [-0.25, -0.2) is 0 Å². The van der Waals surface area contributed by atoms with Crippen molar-refractivity contribution in [2.24, 2.45) is 0 Å². The Labute approximate surface area is 182 Å². The van der Waals surface area contributed by atoms with Crippen molar-refractivity contribution in [1.82, 2.24) is 14.8 Å². The predicted molar refractivity (Wildman–Crippen MR) is 116 cm³/mol. The summed E-state index contributed by atoms with van der Waals surface area (Å²) in [6, 6.07) is 8.63. The fraction of sp³-hybridized carbons (Fsp3) is 0.375. The van der Waals surface area contributed by atoms with E-state index in [4.69, 9.17) is 4.74 Å². The molecule has 2 aliphatic rings. The van der Waals surface area contributed by atoms with E-state index in [1.807, 2.05) is 38.1 Å². The molecule has 0 bridgehead atoms. The van der Waals surface area contributed by atoms with Gasteiger partial charge in [-0.05, 0) is 37.1 Å². The maximum absolute atomic E-state index is 13.1. The average Bonchev–Trinajstić information content (AvgIpc) is 3.05. The number of carbonyl (C=O) groups is 2. The molecule has 0 saturated carbocycles. The summed E-state index contributed by atoms with van der Waals surface area (Å²) in [6.45, 7) is 7.74. The molecular formula is C24H27N3O4. The van der Waals surface area contributed by atoms with E-state index in [0.717, 1.165) is 24.2 Å². The molecule has 1 amide bonds. The zero-order valence-corrected chi connectivity index (χ0v) is 17.9. The molecule has 7 heteroatoms. The number of Topliss-reactive ketones (excluding diaryl/α,β-unsaturated/α-hetero) is 1. The number of benzene rings is 1. The lowest BCUT2D eigenvalue weighted by Crippen LogP contribution is -2.42. The summed E-state index contributed by atoms with van der Waals surface area (Å²) in [5.74, 6) is -1.38. The number of morpholine rings is 1. The minimum Gasteiger partial charge on any atom is -0.507 e. The van der Waals surface area contributed by atoms with Crippen molar-refractivity contribution in [1.29, 1.82) is 0 Å². The smallest absolute Gasteiger partial charge is 0.295 e. The Balaban J connectivity index is 1.75. The summed E-state index contributed by atoms with van der Waals surface area (Å²) in [7, 11) is 0. The van der Waals surface area contributed by atoms with Crippen LogP contribution in [0.2, 0.25) is 0 Å². The van der Waals surface area contributed by atoms with Gasteiger partial charge in [0.1, 0.15) is 5.76 Å². The summed E-state index contributed by atoms with van der Waals surface area (Å²) in [4.78, 5) is 34.1. The highest BCUT2D eigenvalue weighted by molar-refractivity contribution is 6.46. The van der Waals surface area contributed by atoms with E-state index in [-0.39, 0.29) is 11.3 Å². The van der Waals surface area contributed by atoms with Gasteiger partial charge in [0.2, 0.25) is 0 Å². The molecule has 0 spiro atoms. The van der Waals surface area contributed by atoms with Crippen LogP contribution in [-0.2, 0) is 14.3 Å². The van der Waals surface area contributed by atoms with Gasteiger partial charge < -0.3 is 14.7 Å². The van der Waals surface area contributed by atoms with Crippen LogP contribution in [0.1, 0.15) is 28.3 Å². The standard InChI is InChI=1S/C24H27N3O4/c1-16-5-6-17(2)19(14-16)22(28)20-21(18-4-3-7-25-15-18)27(24(30)23(20)29)9-8-26-10-12-31-13-11-26/h3-7,14-15,21,28H,8-13H2,1-2H3. The molecule has 1 N–H and O–H groups in total. The van der Waals surface area contributed by atoms with Crippen LogP contribution in [-0.4, -0.2) is 71.0 Å². The monoisotopic (exact) mass is 421 g/mol. The van der Waals surface area contributed by atoms with Gasteiger partial charge in [0.25, 0.3) is 11.7 Å². The Morgan fingerprint density at radius 1 is 1.16 bits per heavy atom. The van der Waals surface area contributed by atoms with E-state index in [9.17, 15) is 14.7 Å². The van der Waals surface area contributed by atoms with Crippen molar-refractivity contribution >= 4 is 17.4 Å². The third kappa shape index (κ3) is 4.24. The Hall–Kier alpha value is -3.03. The lowest BCUT2D eigenvalue weighted by Gasteiger charge is -2.30. The van der Waals surface area contributed by atoms with E-state index in [1.54, 1.807) is 23.4 Å². The molecule has 1 aromatic heterocycles. The summed E-state index contributed by atoms with van der Waals surface area (Å²) in [6.07, 6.45) is 3.29. The van der Waals surface area contributed by atoms with E-state index in [1.165, 1.54) is 0 Å². The molecule has 7 nitrogen and oxygen atoms in total. The number of pyridine rings is 1. The number of hydrogen-bond donors (Lipinski definition) is 1. The first kappa shape index (κ1) is 21.2. The summed E-state index contributed by atoms with van der Waals surface area (Å²) >= 11 is 0. The van der Waals surface area contributed by atoms with Crippen molar-refractivity contribution in [2.75, 3.05) is 39.4 Å². The van der Waals surface area contributed by atoms with Crippen LogP contribution in [0.3, 0.4) is 0 Å². The van der Waals surface area contributed by atoms with E-state index < -0.39 is 17.7 Å². The number of likely N-dealkylation sites (tertiary alicyclic amines) is 1. The highest BCUT2D eigenvalue weighted by atomic mass is 16.5. The normalized spacial score (nSPS) is 21.6. The molecule has 2 aliphatic heterocycles. The van der Waals surface area contributed by atoms with Crippen molar-refractivity contribution in [3.63, 3.8) is 0 Å². The largest absolute Gasteiger partial charge is 0.507 e. The zero-order valence-electron chi connectivity index (χ0n) is 17.9. The van der Waals surface area contributed by atoms with Crippen LogP contribution in [0.25, 0.3) is 5.76 Å². The number of hydrogen-bond acceptors (Lipinski definition) is 6. The van der Waals surface area contributed by atoms with Gasteiger partial charge in [0.05, 0.1) is 24.8 Å². The quantitative estimate of drug-likeness (QED) is 0.454. The number of aryl methyl sites for hydroxylation is 2. The third-order valence-corrected chi connectivity index (χ3v) is 5.95. The van der Waals surface area contributed by atoms with Crippen LogP contribution in [0, 0.1) is 13.8 Å². The number of amides is 1. The molecule has 31 heavy (non-hydrogen) atoms. The second-order valence-corrected chi connectivity index (χ2v) is 8.05. The molecule has 162 valence electrons. The minimum atomic E-state index is -0.672.